The third kappa shape index (κ3) is 5.56. The van der Waals surface area contributed by atoms with E-state index in [9.17, 15) is 19.7 Å². The minimum absolute atomic E-state index is 0.0665. The average Bonchev–Trinajstić information content (AvgIpc) is 3.24. The lowest BCUT2D eigenvalue weighted by molar-refractivity contribution is -0.384. The summed E-state index contributed by atoms with van der Waals surface area (Å²) in [5, 5.41) is 20.5. The maximum absolute atomic E-state index is 13.0. The molecule has 1 fully saturated rings. The van der Waals surface area contributed by atoms with Crippen LogP contribution in [0.15, 0.2) is 72.8 Å². The van der Waals surface area contributed by atoms with Crippen molar-refractivity contribution in [3.05, 3.63) is 94.0 Å². The van der Waals surface area contributed by atoms with Crippen LogP contribution in [0.4, 0.5) is 22.7 Å². The molecule has 10 heteroatoms. The predicted octanol–water partition coefficient (Wildman–Crippen LogP) is 3.71. The molecule has 5 rings (SSSR count). The molecule has 0 aliphatic carbocycles. The number of nitro groups is 1. The summed E-state index contributed by atoms with van der Waals surface area (Å²) in [6.45, 7) is 3.97. The summed E-state index contributed by atoms with van der Waals surface area (Å²) in [7, 11) is 2.08. The molecule has 2 aliphatic rings. The van der Waals surface area contributed by atoms with E-state index in [-0.39, 0.29) is 17.5 Å². The van der Waals surface area contributed by atoms with Gasteiger partial charge in [0, 0.05) is 60.9 Å². The smallest absolute Gasteiger partial charge is 0.270 e. The molecule has 10 nitrogen and oxygen atoms in total. The van der Waals surface area contributed by atoms with Crippen LogP contribution in [-0.2, 0) is 9.59 Å². The Kier molecular flexibility index (Phi) is 7.16. The van der Waals surface area contributed by atoms with Crippen molar-refractivity contribution < 1.29 is 14.5 Å². The number of nitro benzene ring substituents is 1. The van der Waals surface area contributed by atoms with E-state index in [2.05, 4.69) is 32.8 Å². The Labute approximate surface area is 220 Å². The van der Waals surface area contributed by atoms with Gasteiger partial charge < -0.3 is 20.9 Å². The van der Waals surface area contributed by atoms with Crippen LogP contribution in [0.1, 0.15) is 11.1 Å². The minimum Gasteiger partial charge on any atom is -0.354 e. The van der Waals surface area contributed by atoms with Crippen molar-refractivity contribution in [3.63, 3.8) is 0 Å². The second kappa shape index (κ2) is 10.8. The van der Waals surface area contributed by atoms with Crippen molar-refractivity contribution in [2.75, 3.05) is 55.7 Å². The molecule has 0 unspecified atom stereocenters. The normalized spacial score (nSPS) is 16.9. The number of rotatable bonds is 7. The monoisotopic (exact) mass is 512 g/mol. The number of nitrogens with zero attached hydrogens (tertiary/aromatic N) is 3. The van der Waals surface area contributed by atoms with Crippen molar-refractivity contribution in [1.82, 2.24) is 9.80 Å². The number of anilines is 3. The summed E-state index contributed by atoms with van der Waals surface area (Å²) in [6, 6.07) is 20.9. The fraction of sp³-hybridized carbons (Fsp3) is 0.214. The van der Waals surface area contributed by atoms with Gasteiger partial charge in [-0.3, -0.25) is 24.6 Å². The van der Waals surface area contributed by atoms with Gasteiger partial charge in [-0.1, -0.05) is 30.3 Å². The van der Waals surface area contributed by atoms with Crippen molar-refractivity contribution in [2.45, 2.75) is 0 Å². The van der Waals surface area contributed by atoms with Gasteiger partial charge in [-0.25, -0.2) is 0 Å². The van der Waals surface area contributed by atoms with Crippen LogP contribution in [0, 0.1) is 10.1 Å². The van der Waals surface area contributed by atoms with E-state index in [1.807, 2.05) is 42.5 Å². The molecule has 0 aromatic heterocycles. The second-order valence-electron chi connectivity index (χ2n) is 9.39. The van der Waals surface area contributed by atoms with Crippen molar-refractivity contribution in [1.29, 1.82) is 0 Å². The highest BCUT2D eigenvalue weighted by molar-refractivity contribution is 6.37. The van der Waals surface area contributed by atoms with Gasteiger partial charge in [0.15, 0.2) is 0 Å². The number of piperazine rings is 1. The van der Waals surface area contributed by atoms with Crippen LogP contribution in [0.5, 0.6) is 0 Å². The molecule has 2 amide bonds. The van der Waals surface area contributed by atoms with Gasteiger partial charge in [0.2, 0.25) is 5.91 Å². The van der Waals surface area contributed by atoms with E-state index in [1.165, 1.54) is 12.1 Å². The second-order valence-corrected chi connectivity index (χ2v) is 9.39. The lowest BCUT2D eigenvalue weighted by atomic mass is 9.99. The molecule has 2 aliphatic heterocycles. The predicted molar refractivity (Wildman–Crippen MR) is 148 cm³/mol. The highest BCUT2D eigenvalue weighted by atomic mass is 16.6. The molecule has 2 heterocycles. The van der Waals surface area contributed by atoms with E-state index in [4.69, 9.17) is 0 Å². The molecule has 3 aromatic rings. The number of hydrogen-bond acceptors (Lipinski definition) is 7. The molecule has 1 saturated heterocycles. The minimum atomic E-state index is -0.479. The van der Waals surface area contributed by atoms with Gasteiger partial charge in [-0.2, -0.15) is 0 Å². The summed E-state index contributed by atoms with van der Waals surface area (Å²) in [6.07, 6.45) is 0. The quantitative estimate of drug-likeness (QED) is 0.251. The maximum Gasteiger partial charge on any atom is 0.270 e. The van der Waals surface area contributed by atoms with E-state index in [1.54, 1.807) is 18.2 Å². The molecule has 0 radical (unpaired) electrons. The Morgan fingerprint density at radius 2 is 1.61 bits per heavy atom. The molecule has 0 bridgehead atoms. The number of nitrogens with one attached hydrogen (secondary N) is 3. The van der Waals surface area contributed by atoms with Gasteiger partial charge in [-0.15, -0.1) is 0 Å². The topological polar surface area (TPSA) is 120 Å². The molecule has 3 N–H and O–H groups in total. The first-order chi connectivity index (χ1) is 18.4. The molecule has 38 heavy (non-hydrogen) atoms. The third-order valence-electron chi connectivity index (χ3n) is 6.67. The molecule has 0 saturated carbocycles. The van der Waals surface area contributed by atoms with Crippen LogP contribution in [0.2, 0.25) is 0 Å². The number of likely N-dealkylation sites (N-methyl/N-ethyl adjacent to an activating group) is 1. The number of amides is 2. The van der Waals surface area contributed by atoms with Gasteiger partial charge in [0.1, 0.15) is 0 Å². The lowest BCUT2D eigenvalue weighted by Crippen LogP contribution is -2.47. The van der Waals surface area contributed by atoms with Crippen LogP contribution in [-0.4, -0.2) is 66.3 Å². The standard InChI is InChI=1S/C28H28N6O4/c1-32-13-15-33(16-14-32)18-25(35)29-20-7-9-21(10-8-20)30-27(19-5-3-2-4-6-19)26-23-17-22(34(37)38)11-12-24(23)31-28(26)36/h2-12,17,30H,13-16,18H2,1H3,(H,29,35)(H,31,36). The molecule has 0 spiro atoms. The number of non-ortho nitro benzene ring substituents is 1. The van der Waals surface area contributed by atoms with Crippen LogP contribution >= 0.6 is 0 Å². The summed E-state index contributed by atoms with van der Waals surface area (Å²) in [5.74, 6) is -0.414. The van der Waals surface area contributed by atoms with E-state index >= 15 is 0 Å². The van der Waals surface area contributed by atoms with E-state index in [0.717, 1.165) is 31.7 Å². The Morgan fingerprint density at radius 1 is 0.947 bits per heavy atom. The van der Waals surface area contributed by atoms with Gasteiger partial charge >= 0.3 is 0 Å². The molecular weight excluding hydrogens is 484 g/mol. The number of fused-ring (bicyclic) bond motifs is 1. The molecule has 0 atom stereocenters. The van der Waals surface area contributed by atoms with E-state index < -0.39 is 4.92 Å². The third-order valence-corrected chi connectivity index (χ3v) is 6.67. The first kappa shape index (κ1) is 25.1. The number of hydrogen-bond donors (Lipinski definition) is 3. The zero-order valence-corrected chi connectivity index (χ0v) is 20.9. The molecular formula is C28H28N6O4. The van der Waals surface area contributed by atoms with Gasteiger partial charge in [-0.05, 0) is 42.9 Å². The molecule has 3 aromatic carbocycles. The highest BCUT2D eigenvalue weighted by Gasteiger charge is 2.30. The Balaban J connectivity index is 1.38. The zero-order valence-electron chi connectivity index (χ0n) is 20.9. The Hall–Kier alpha value is -4.54. The fourth-order valence-corrected chi connectivity index (χ4v) is 4.59. The highest BCUT2D eigenvalue weighted by Crippen LogP contribution is 2.39. The van der Waals surface area contributed by atoms with Gasteiger partial charge in [0.25, 0.3) is 11.6 Å². The number of carbonyl (C=O) groups excluding carboxylic acids is 2. The summed E-state index contributed by atoms with van der Waals surface area (Å²) in [4.78, 5) is 40.9. The summed E-state index contributed by atoms with van der Waals surface area (Å²) < 4.78 is 0. The van der Waals surface area contributed by atoms with Gasteiger partial charge in [0.05, 0.1) is 22.7 Å². The first-order valence-corrected chi connectivity index (χ1v) is 12.3. The Morgan fingerprint density at radius 3 is 2.26 bits per heavy atom. The zero-order chi connectivity index (χ0) is 26.6. The average molecular weight is 513 g/mol. The van der Waals surface area contributed by atoms with Crippen molar-refractivity contribution in [3.8, 4) is 0 Å². The largest absolute Gasteiger partial charge is 0.354 e. The number of carbonyl (C=O) groups is 2. The maximum atomic E-state index is 13.0. The summed E-state index contributed by atoms with van der Waals surface area (Å²) in [5.41, 5.74) is 3.84. The molecule has 194 valence electrons. The van der Waals surface area contributed by atoms with Crippen LogP contribution in [0.3, 0.4) is 0 Å². The van der Waals surface area contributed by atoms with Crippen molar-refractivity contribution >= 4 is 45.8 Å². The lowest BCUT2D eigenvalue weighted by Gasteiger charge is -2.31. The van der Waals surface area contributed by atoms with Crippen LogP contribution in [0.25, 0.3) is 11.3 Å². The number of benzene rings is 3. The van der Waals surface area contributed by atoms with Crippen LogP contribution < -0.4 is 16.0 Å². The Bertz CT molecular complexity index is 1400. The SMILES string of the molecule is CN1CCN(CC(=O)Nc2ccc(NC(=C3C(=O)Nc4ccc([N+](=O)[O-])cc43)c3ccccc3)cc2)CC1. The fourth-order valence-electron chi connectivity index (χ4n) is 4.59. The summed E-state index contributed by atoms with van der Waals surface area (Å²) >= 11 is 0. The van der Waals surface area contributed by atoms with Crippen molar-refractivity contribution in [2.24, 2.45) is 0 Å². The first-order valence-electron chi connectivity index (χ1n) is 12.3. The van der Waals surface area contributed by atoms with E-state index in [0.29, 0.717) is 40.4 Å².